The molecule has 0 aliphatic heterocycles. The predicted octanol–water partition coefficient (Wildman–Crippen LogP) is 4.84. The molecule has 0 bridgehead atoms. The molecule has 2 saturated carbocycles. The first kappa shape index (κ1) is 14.1. The predicted molar refractivity (Wildman–Crippen MR) is 77.5 cm³/mol. The highest BCUT2D eigenvalue weighted by Crippen LogP contribution is 2.48. The summed E-state index contributed by atoms with van der Waals surface area (Å²) in [7, 11) is 0. The van der Waals surface area contributed by atoms with Crippen LogP contribution in [0.25, 0.3) is 0 Å². The molecule has 2 fully saturated rings. The third-order valence-electron chi connectivity index (χ3n) is 4.83. The van der Waals surface area contributed by atoms with Crippen LogP contribution in [0.3, 0.4) is 0 Å². The van der Waals surface area contributed by atoms with E-state index in [0.717, 1.165) is 0 Å². The Morgan fingerprint density at radius 2 is 1.72 bits per heavy atom. The number of rotatable bonds is 6. The number of hydrogen-bond donors (Lipinski definition) is 1. The molecule has 2 aliphatic rings. The molecule has 0 aromatic carbocycles. The lowest BCUT2D eigenvalue weighted by atomic mass is 9.83. The standard InChI is InChI=1S/C17H30O/c1-3-8-13(9-4-2)15-12-16(15)17(18)14-10-6-5-7-11-14/h14,16-18H,3-12H2,1-2H3/t16-,17-/m1/s1. The van der Waals surface area contributed by atoms with Gasteiger partial charge < -0.3 is 5.11 Å². The Hall–Kier alpha value is -0.300. The molecule has 2 atom stereocenters. The maximum Gasteiger partial charge on any atom is 0.0636 e. The zero-order chi connectivity index (χ0) is 13.0. The van der Waals surface area contributed by atoms with Gasteiger partial charge in [-0.2, -0.15) is 0 Å². The molecule has 1 heteroatoms. The second kappa shape index (κ2) is 6.75. The van der Waals surface area contributed by atoms with E-state index < -0.39 is 0 Å². The molecule has 0 amide bonds. The average Bonchev–Trinajstić information content (AvgIpc) is 3.19. The quantitative estimate of drug-likeness (QED) is 0.668. The lowest BCUT2D eigenvalue weighted by Crippen LogP contribution is -2.24. The molecule has 0 heterocycles. The van der Waals surface area contributed by atoms with Crippen LogP contribution in [0.5, 0.6) is 0 Å². The summed E-state index contributed by atoms with van der Waals surface area (Å²) in [5.41, 5.74) is 3.32. The van der Waals surface area contributed by atoms with Crippen molar-refractivity contribution in [2.45, 2.75) is 84.2 Å². The van der Waals surface area contributed by atoms with Crippen LogP contribution >= 0.6 is 0 Å². The van der Waals surface area contributed by atoms with Crippen molar-refractivity contribution in [3.05, 3.63) is 11.1 Å². The molecule has 2 aliphatic carbocycles. The third kappa shape index (κ3) is 3.38. The molecule has 1 nitrogen and oxygen atoms in total. The van der Waals surface area contributed by atoms with Gasteiger partial charge in [-0.3, -0.25) is 0 Å². The van der Waals surface area contributed by atoms with E-state index in [0.29, 0.717) is 11.8 Å². The Morgan fingerprint density at radius 1 is 1.11 bits per heavy atom. The molecule has 0 radical (unpaired) electrons. The van der Waals surface area contributed by atoms with Crippen molar-refractivity contribution in [1.82, 2.24) is 0 Å². The van der Waals surface area contributed by atoms with Gasteiger partial charge in [0.05, 0.1) is 6.10 Å². The topological polar surface area (TPSA) is 20.2 Å². The fourth-order valence-corrected chi connectivity index (χ4v) is 3.77. The van der Waals surface area contributed by atoms with Crippen molar-refractivity contribution in [3.8, 4) is 0 Å². The van der Waals surface area contributed by atoms with Gasteiger partial charge in [0.15, 0.2) is 0 Å². The van der Waals surface area contributed by atoms with E-state index in [1.807, 2.05) is 0 Å². The highest BCUT2D eigenvalue weighted by molar-refractivity contribution is 5.32. The van der Waals surface area contributed by atoms with Crippen LogP contribution in [0.1, 0.15) is 78.1 Å². The summed E-state index contributed by atoms with van der Waals surface area (Å²) in [6.45, 7) is 4.54. The van der Waals surface area contributed by atoms with Gasteiger partial charge in [0, 0.05) is 5.92 Å². The minimum atomic E-state index is -0.0241. The summed E-state index contributed by atoms with van der Waals surface area (Å²) in [5, 5.41) is 10.5. The van der Waals surface area contributed by atoms with Gasteiger partial charge in [0.25, 0.3) is 0 Å². The zero-order valence-electron chi connectivity index (χ0n) is 12.3. The second-order valence-corrected chi connectivity index (χ2v) is 6.33. The summed E-state index contributed by atoms with van der Waals surface area (Å²) >= 11 is 0. The second-order valence-electron chi connectivity index (χ2n) is 6.33. The Balaban J connectivity index is 1.92. The molecule has 18 heavy (non-hydrogen) atoms. The average molecular weight is 250 g/mol. The SMILES string of the molecule is CCCC(CCC)=C1C[C@H]1[C@H](O)C1CCCCC1. The summed E-state index contributed by atoms with van der Waals surface area (Å²) in [6, 6.07) is 0. The van der Waals surface area contributed by atoms with Crippen LogP contribution < -0.4 is 0 Å². The van der Waals surface area contributed by atoms with E-state index in [4.69, 9.17) is 0 Å². The monoisotopic (exact) mass is 250 g/mol. The van der Waals surface area contributed by atoms with E-state index in [9.17, 15) is 5.11 Å². The maximum atomic E-state index is 10.5. The fourth-order valence-electron chi connectivity index (χ4n) is 3.77. The van der Waals surface area contributed by atoms with Gasteiger partial charge >= 0.3 is 0 Å². The Bertz CT molecular complexity index is 278. The largest absolute Gasteiger partial charge is 0.392 e. The molecule has 2 rings (SSSR count). The zero-order valence-corrected chi connectivity index (χ0v) is 12.3. The Kier molecular flexibility index (Phi) is 5.29. The normalized spacial score (nSPS) is 26.2. The van der Waals surface area contributed by atoms with Gasteiger partial charge in [0.2, 0.25) is 0 Å². The van der Waals surface area contributed by atoms with Crippen molar-refractivity contribution in [3.63, 3.8) is 0 Å². The van der Waals surface area contributed by atoms with Crippen molar-refractivity contribution in [2.75, 3.05) is 0 Å². The van der Waals surface area contributed by atoms with Crippen molar-refractivity contribution in [1.29, 1.82) is 0 Å². The summed E-state index contributed by atoms with van der Waals surface area (Å²) in [4.78, 5) is 0. The molecule has 0 saturated heterocycles. The molecule has 1 N–H and O–H groups in total. The molecule has 104 valence electrons. The highest BCUT2D eigenvalue weighted by Gasteiger charge is 2.41. The first-order chi connectivity index (χ1) is 8.77. The maximum absolute atomic E-state index is 10.5. The molecule has 0 unspecified atom stereocenters. The minimum absolute atomic E-state index is 0.0241. The van der Waals surface area contributed by atoms with Crippen LogP contribution in [0.4, 0.5) is 0 Å². The summed E-state index contributed by atoms with van der Waals surface area (Å²) in [6.07, 6.45) is 12.8. The van der Waals surface area contributed by atoms with Gasteiger partial charge in [-0.05, 0) is 38.0 Å². The van der Waals surface area contributed by atoms with E-state index in [-0.39, 0.29) is 6.10 Å². The number of aliphatic hydroxyl groups excluding tert-OH is 1. The smallest absolute Gasteiger partial charge is 0.0636 e. The van der Waals surface area contributed by atoms with Crippen LogP contribution in [0, 0.1) is 11.8 Å². The molecule has 0 aromatic heterocycles. The Labute approximate surface area is 113 Å². The van der Waals surface area contributed by atoms with E-state index in [1.54, 1.807) is 11.1 Å². The first-order valence-electron chi connectivity index (χ1n) is 8.16. The van der Waals surface area contributed by atoms with Crippen molar-refractivity contribution < 1.29 is 5.11 Å². The van der Waals surface area contributed by atoms with Gasteiger partial charge in [-0.1, -0.05) is 57.1 Å². The summed E-state index contributed by atoms with van der Waals surface area (Å²) < 4.78 is 0. The minimum Gasteiger partial charge on any atom is -0.392 e. The van der Waals surface area contributed by atoms with Gasteiger partial charge in [-0.15, -0.1) is 0 Å². The highest BCUT2D eigenvalue weighted by atomic mass is 16.3. The van der Waals surface area contributed by atoms with Crippen molar-refractivity contribution in [2.24, 2.45) is 11.8 Å². The molecular weight excluding hydrogens is 220 g/mol. The van der Waals surface area contributed by atoms with Crippen LogP contribution in [-0.4, -0.2) is 11.2 Å². The molecular formula is C17H30O. The van der Waals surface area contributed by atoms with Gasteiger partial charge in [-0.25, -0.2) is 0 Å². The van der Waals surface area contributed by atoms with Crippen LogP contribution in [0.2, 0.25) is 0 Å². The first-order valence-corrected chi connectivity index (χ1v) is 8.16. The van der Waals surface area contributed by atoms with E-state index >= 15 is 0 Å². The van der Waals surface area contributed by atoms with E-state index in [1.165, 1.54) is 64.2 Å². The van der Waals surface area contributed by atoms with Crippen LogP contribution in [0.15, 0.2) is 11.1 Å². The summed E-state index contributed by atoms with van der Waals surface area (Å²) in [5.74, 6) is 1.15. The fraction of sp³-hybridized carbons (Fsp3) is 0.882. The third-order valence-corrected chi connectivity index (χ3v) is 4.83. The number of hydrogen-bond acceptors (Lipinski definition) is 1. The number of aliphatic hydroxyl groups is 1. The number of allylic oxidation sites excluding steroid dienone is 1. The lowest BCUT2D eigenvalue weighted by Gasteiger charge is -2.26. The Morgan fingerprint density at radius 3 is 2.28 bits per heavy atom. The molecule has 0 aromatic rings. The molecule has 0 spiro atoms. The van der Waals surface area contributed by atoms with Crippen molar-refractivity contribution >= 4 is 0 Å². The van der Waals surface area contributed by atoms with Gasteiger partial charge in [0.1, 0.15) is 0 Å². The lowest BCUT2D eigenvalue weighted by molar-refractivity contribution is 0.0695. The van der Waals surface area contributed by atoms with Crippen LogP contribution in [-0.2, 0) is 0 Å². The van der Waals surface area contributed by atoms with E-state index in [2.05, 4.69) is 13.8 Å².